The first kappa shape index (κ1) is 19.9. The van der Waals surface area contributed by atoms with Crippen LogP contribution in [-0.4, -0.2) is 24.2 Å². The minimum absolute atomic E-state index is 0.321. The number of nitrogens with one attached hydrogen (secondary N) is 1. The average Bonchev–Trinajstić information content (AvgIpc) is 3.12. The Morgan fingerprint density at radius 3 is 2.71 bits per heavy atom. The van der Waals surface area contributed by atoms with E-state index in [4.69, 9.17) is 21.1 Å². The van der Waals surface area contributed by atoms with Gasteiger partial charge in [-0.1, -0.05) is 11.6 Å². The summed E-state index contributed by atoms with van der Waals surface area (Å²) in [6, 6.07) is 12.0. The molecule has 2 aromatic carbocycles. The molecule has 0 aliphatic carbocycles. The maximum Gasteiger partial charge on any atom is 0.271 e. The fourth-order valence-corrected chi connectivity index (χ4v) is 3.06. The van der Waals surface area contributed by atoms with Crippen LogP contribution in [0.25, 0.3) is 0 Å². The minimum atomic E-state index is -0.321. The van der Waals surface area contributed by atoms with Gasteiger partial charge in [0.25, 0.3) is 5.91 Å². The van der Waals surface area contributed by atoms with Crippen LogP contribution in [0, 0.1) is 6.92 Å². The van der Waals surface area contributed by atoms with Crippen LogP contribution in [-0.2, 0) is 6.61 Å². The third kappa shape index (κ3) is 5.31. The number of carbonyl (C=O) groups excluding carboxylic acids is 1. The summed E-state index contributed by atoms with van der Waals surface area (Å²) in [5, 5.41) is 7.51. The first-order valence-corrected chi connectivity index (χ1v) is 9.62. The summed E-state index contributed by atoms with van der Waals surface area (Å²) >= 11 is 7.40. The predicted molar refractivity (Wildman–Crippen MR) is 111 cm³/mol. The zero-order valence-electron chi connectivity index (χ0n) is 15.3. The Morgan fingerprint density at radius 1 is 1.25 bits per heavy atom. The Labute approximate surface area is 171 Å². The van der Waals surface area contributed by atoms with Crippen LogP contribution in [0.1, 0.15) is 26.6 Å². The molecule has 3 rings (SSSR count). The van der Waals surface area contributed by atoms with Gasteiger partial charge in [-0.3, -0.25) is 4.79 Å². The van der Waals surface area contributed by atoms with Crippen LogP contribution >= 0.6 is 22.9 Å². The van der Waals surface area contributed by atoms with E-state index >= 15 is 0 Å². The van der Waals surface area contributed by atoms with E-state index in [0.717, 1.165) is 16.3 Å². The van der Waals surface area contributed by atoms with Gasteiger partial charge in [-0.05, 0) is 55.0 Å². The molecule has 0 spiro atoms. The van der Waals surface area contributed by atoms with Crippen molar-refractivity contribution in [2.45, 2.75) is 13.5 Å². The normalized spacial score (nSPS) is 10.8. The van der Waals surface area contributed by atoms with Crippen LogP contribution in [0.5, 0.6) is 11.5 Å². The van der Waals surface area contributed by atoms with E-state index in [1.807, 2.05) is 18.4 Å². The lowest BCUT2D eigenvalue weighted by Gasteiger charge is -2.10. The zero-order chi connectivity index (χ0) is 19.9. The molecule has 1 heterocycles. The fraction of sp³-hybridized carbons (Fsp3) is 0.150. The number of methoxy groups -OCH3 is 1. The highest BCUT2D eigenvalue weighted by molar-refractivity contribution is 7.09. The summed E-state index contributed by atoms with van der Waals surface area (Å²) in [5.74, 6) is 0.855. The van der Waals surface area contributed by atoms with Gasteiger partial charge in [0.1, 0.15) is 6.61 Å². The number of thiazole rings is 1. The highest BCUT2D eigenvalue weighted by Crippen LogP contribution is 2.28. The number of ether oxygens (including phenoxy) is 2. The number of halogens is 1. The Hall–Kier alpha value is -2.90. The standard InChI is InChI=1S/C20H18ClN3O3S/c1-13-23-17(12-28-13)11-27-18-8-3-14(9-19(18)26-2)10-22-24-20(25)15-4-6-16(21)7-5-15/h3-10,12H,11H2,1-2H3,(H,24,25)/b22-10-. The fourth-order valence-electron chi connectivity index (χ4n) is 2.34. The molecule has 6 nitrogen and oxygen atoms in total. The van der Waals surface area contributed by atoms with Crippen molar-refractivity contribution in [3.05, 3.63) is 74.7 Å². The first-order valence-electron chi connectivity index (χ1n) is 8.36. The first-order chi connectivity index (χ1) is 13.5. The second-order valence-corrected chi connectivity index (χ2v) is 7.26. The summed E-state index contributed by atoms with van der Waals surface area (Å²) in [7, 11) is 1.57. The SMILES string of the molecule is COc1cc(/C=N\NC(=O)c2ccc(Cl)cc2)ccc1OCc1csc(C)n1. The van der Waals surface area contributed by atoms with Crippen molar-refractivity contribution in [2.24, 2.45) is 5.10 Å². The molecule has 0 bridgehead atoms. The van der Waals surface area contributed by atoms with Crippen molar-refractivity contribution in [1.82, 2.24) is 10.4 Å². The number of hydrogen-bond acceptors (Lipinski definition) is 6. The van der Waals surface area contributed by atoms with Crippen molar-refractivity contribution in [2.75, 3.05) is 7.11 Å². The number of aromatic nitrogens is 1. The van der Waals surface area contributed by atoms with Crippen molar-refractivity contribution in [1.29, 1.82) is 0 Å². The number of nitrogens with zero attached hydrogens (tertiary/aromatic N) is 2. The van der Waals surface area contributed by atoms with Gasteiger partial charge in [0, 0.05) is 16.0 Å². The monoisotopic (exact) mass is 415 g/mol. The molecule has 0 radical (unpaired) electrons. The number of benzene rings is 2. The predicted octanol–water partition coefficient (Wildman–Crippen LogP) is 4.46. The molecule has 0 saturated heterocycles. The molecule has 0 aliphatic heterocycles. The summed E-state index contributed by atoms with van der Waals surface area (Å²) in [4.78, 5) is 16.4. The second kappa shape index (κ2) is 9.34. The van der Waals surface area contributed by atoms with Crippen LogP contribution in [0.2, 0.25) is 5.02 Å². The lowest BCUT2D eigenvalue weighted by molar-refractivity contribution is 0.0955. The van der Waals surface area contributed by atoms with E-state index < -0.39 is 0 Å². The van der Waals surface area contributed by atoms with E-state index in [-0.39, 0.29) is 5.91 Å². The molecule has 0 saturated carbocycles. The number of rotatable bonds is 7. The number of carbonyl (C=O) groups is 1. The highest BCUT2D eigenvalue weighted by atomic mass is 35.5. The van der Waals surface area contributed by atoms with Gasteiger partial charge in [-0.15, -0.1) is 11.3 Å². The Bertz CT molecular complexity index is 987. The molecule has 1 N–H and O–H groups in total. The quantitative estimate of drug-likeness (QED) is 0.457. The zero-order valence-corrected chi connectivity index (χ0v) is 16.9. The minimum Gasteiger partial charge on any atom is -0.493 e. The van der Waals surface area contributed by atoms with Gasteiger partial charge in [-0.25, -0.2) is 10.4 Å². The summed E-state index contributed by atoms with van der Waals surface area (Å²) in [5.41, 5.74) is 4.58. The molecule has 0 aliphatic rings. The van der Waals surface area contributed by atoms with E-state index in [9.17, 15) is 4.79 Å². The van der Waals surface area contributed by atoms with Crippen LogP contribution in [0.15, 0.2) is 52.9 Å². The molecule has 8 heteroatoms. The number of aryl methyl sites for hydroxylation is 1. The third-order valence-electron chi connectivity index (χ3n) is 3.72. The number of amides is 1. The molecule has 1 aromatic heterocycles. The van der Waals surface area contributed by atoms with E-state index in [0.29, 0.717) is 28.7 Å². The summed E-state index contributed by atoms with van der Waals surface area (Å²) in [6.45, 7) is 2.32. The second-order valence-electron chi connectivity index (χ2n) is 5.76. The van der Waals surface area contributed by atoms with Crippen molar-refractivity contribution < 1.29 is 14.3 Å². The molecular weight excluding hydrogens is 398 g/mol. The largest absolute Gasteiger partial charge is 0.493 e. The third-order valence-corrected chi connectivity index (χ3v) is 4.79. The van der Waals surface area contributed by atoms with E-state index in [2.05, 4.69) is 15.5 Å². The van der Waals surface area contributed by atoms with Gasteiger partial charge >= 0.3 is 0 Å². The van der Waals surface area contributed by atoms with Gasteiger partial charge in [0.2, 0.25) is 0 Å². The highest BCUT2D eigenvalue weighted by Gasteiger charge is 2.07. The van der Waals surface area contributed by atoms with Crippen molar-refractivity contribution >= 4 is 35.1 Å². The average molecular weight is 416 g/mol. The van der Waals surface area contributed by atoms with Crippen LogP contribution in [0.3, 0.4) is 0 Å². The lowest BCUT2D eigenvalue weighted by Crippen LogP contribution is -2.17. The summed E-state index contributed by atoms with van der Waals surface area (Å²) < 4.78 is 11.2. The Balaban J connectivity index is 1.61. The molecule has 1 amide bonds. The molecular formula is C20H18ClN3O3S. The smallest absolute Gasteiger partial charge is 0.271 e. The molecule has 28 heavy (non-hydrogen) atoms. The van der Waals surface area contributed by atoms with E-state index in [1.54, 1.807) is 54.8 Å². The van der Waals surface area contributed by atoms with Gasteiger partial charge in [0.15, 0.2) is 11.5 Å². The summed E-state index contributed by atoms with van der Waals surface area (Å²) in [6.07, 6.45) is 1.53. The number of hydrogen-bond donors (Lipinski definition) is 1. The molecule has 0 atom stereocenters. The molecule has 144 valence electrons. The molecule has 3 aromatic rings. The lowest BCUT2D eigenvalue weighted by atomic mass is 10.2. The van der Waals surface area contributed by atoms with Crippen LogP contribution < -0.4 is 14.9 Å². The molecule has 0 unspecified atom stereocenters. The Morgan fingerprint density at radius 2 is 2.04 bits per heavy atom. The van der Waals surface area contributed by atoms with Gasteiger partial charge in [0.05, 0.1) is 24.0 Å². The van der Waals surface area contributed by atoms with Gasteiger partial charge < -0.3 is 9.47 Å². The maximum atomic E-state index is 12.0. The van der Waals surface area contributed by atoms with Crippen LogP contribution in [0.4, 0.5) is 0 Å². The van der Waals surface area contributed by atoms with Gasteiger partial charge in [-0.2, -0.15) is 5.10 Å². The van der Waals surface area contributed by atoms with Crippen molar-refractivity contribution in [3.8, 4) is 11.5 Å². The number of hydrazone groups is 1. The molecule has 0 fully saturated rings. The van der Waals surface area contributed by atoms with E-state index in [1.165, 1.54) is 6.21 Å². The maximum absolute atomic E-state index is 12.0. The topological polar surface area (TPSA) is 72.8 Å². The van der Waals surface area contributed by atoms with Crippen molar-refractivity contribution in [3.63, 3.8) is 0 Å². The Kier molecular flexibility index (Phi) is 6.62.